The second-order valence-electron chi connectivity index (χ2n) is 5.15. The molecule has 1 atom stereocenters. The molecule has 0 saturated carbocycles. The summed E-state index contributed by atoms with van der Waals surface area (Å²) in [4.78, 5) is 0. The number of nitrogens with one attached hydrogen (secondary N) is 1. The van der Waals surface area contributed by atoms with Crippen molar-refractivity contribution < 1.29 is 0 Å². The highest BCUT2D eigenvalue weighted by Crippen LogP contribution is 2.38. The van der Waals surface area contributed by atoms with Gasteiger partial charge in [-0.1, -0.05) is 42.0 Å². The average molecular weight is 283 g/mol. The van der Waals surface area contributed by atoms with E-state index in [4.69, 9.17) is 23.2 Å². The molecule has 1 aliphatic heterocycles. The Hall–Kier alpha value is -0.175. The molecule has 4 heteroatoms. The van der Waals surface area contributed by atoms with Gasteiger partial charge >= 0.3 is 0 Å². The Morgan fingerprint density at radius 1 is 1.28 bits per heavy atom. The number of hydrogen-bond donors (Lipinski definition) is 1. The molecule has 1 unspecified atom stereocenters. The van der Waals surface area contributed by atoms with Crippen molar-refractivity contribution >= 4 is 31.0 Å². The van der Waals surface area contributed by atoms with Crippen LogP contribution in [0.2, 0.25) is 16.4 Å². The van der Waals surface area contributed by atoms with Crippen molar-refractivity contribution in [3.05, 3.63) is 33.8 Å². The molecule has 1 saturated heterocycles. The summed E-state index contributed by atoms with van der Waals surface area (Å²) in [6, 6.07) is 6.09. The first-order valence-corrected chi connectivity index (χ1v) is 7.39. The smallest absolute Gasteiger partial charge is 0.0865 e. The van der Waals surface area contributed by atoms with Gasteiger partial charge in [0.15, 0.2) is 0 Å². The average Bonchev–Trinajstić information content (AvgIpc) is 2.40. The van der Waals surface area contributed by atoms with Crippen LogP contribution in [0.4, 0.5) is 0 Å². The van der Waals surface area contributed by atoms with E-state index in [0.717, 1.165) is 25.8 Å². The number of rotatable bonds is 4. The van der Waals surface area contributed by atoms with Gasteiger partial charge in [-0.2, -0.15) is 0 Å². The summed E-state index contributed by atoms with van der Waals surface area (Å²) in [5, 5.41) is 4.82. The van der Waals surface area contributed by atoms with Crippen molar-refractivity contribution in [2.75, 3.05) is 13.1 Å². The van der Waals surface area contributed by atoms with E-state index >= 15 is 0 Å². The van der Waals surface area contributed by atoms with Crippen LogP contribution in [0.3, 0.4) is 0 Å². The first kappa shape index (κ1) is 14.2. The van der Waals surface area contributed by atoms with Gasteiger partial charge in [0.2, 0.25) is 0 Å². The Balaban J connectivity index is 2.29. The Bertz CT molecular complexity index is 403. The van der Waals surface area contributed by atoms with Crippen molar-refractivity contribution in [2.45, 2.75) is 37.4 Å². The minimum Gasteiger partial charge on any atom is -0.316 e. The van der Waals surface area contributed by atoms with Crippen molar-refractivity contribution in [3.8, 4) is 0 Å². The molecule has 97 valence electrons. The molecule has 1 nitrogen and oxygen atoms in total. The van der Waals surface area contributed by atoms with Crippen LogP contribution < -0.4 is 5.32 Å². The number of benzene rings is 1. The summed E-state index contributed by atoms with van der Waals surface area (Å²) >= 11 is 12.2. The Labute approximate surface area is 121 Å². The van der Waals surface area contributed by atoms with E-state index in [2.05, 4.69) is 19.2 Å². The van der Waals surface area contributed by atoms with E-state index in [1.807, 2.05) is 12.1 Å². The zero-order chi connectivity index (χ0) is 13.0. The van der Waals surface area contributed by atoms with Crippen LogP contribution in [-0.4, -0.2) is 20.9 Å². The molecular weight excluding hydrogens is 264 g/mol. The molecule has 1 radical (unpaired) electrons. The summed E-state index contributed by atoms with van der Waals surface area (Å²) in [6.45, 7) is 2.15. The Morgan fingerprint density at radius 2 is 2.11 bits per heavy atom. The molecule has 0 aliphatic carbocycles. The fourth-order valence-corrected chi connectivity index (χ4v) is 3.16. The highest BCUT2D eigenvalue weighted by molar-refractivity contribution is 6.42. The highest BCUT2D eigenvalue weighted by atomic mass is 35.5. The summed E-state index contributed by atoms with van der Waals surface area (Å²) in [5.74, 6) is 0. The van der Waals surface area contributed by atoms with Gasteiger partial charge in [-0.15, -0.1) is 0 Å². The molecule has 0 bridgehead atoms. The maximum absolute atomic E-state index is 6.16. The van der Waals surface area contributed by atoms with Crippen LogP contribution in [-0.2, 0) is 5.41 Å². The van der Waals surface area contributed by atoms with Crippen LogP contribution in [0.15, 0.2) is 18.2 Å². The summed E-state index contributed by atoms with van der Waals surface area (Å²) in [6.07, 6.45) is 5.75. The lowest BCUT2D eigenvalue weighted by Gasteiger charge is -2.38. The molecule has 1 aromatic rings. The van der Waals surface area contributed by atoms with E-state index in [1.54, 1.807) is 0 Å². The quantitative estimate of drug-likeness (QED) is 0.830. The first-order chi connectivity index (χ1) is 8.68. The van der Waals surface area contributed by atoms with E-state index < -0.39 is 0 Å². The van der Waals surface area contributed by atoms with Gasteiger partial charge in [-0.25, -0.2) is 0 Å². The Kier molecular flexibility index (Phi) is 5.00. The van der Waals surface area contributed by atoms with Crippen molar-refractivity contribution in [1.82, 2.24) is 5.32 Å². The normalized spacial score (nSPS) is 24.1. The van der Waals surface area contributed by atoms with Crippen LogP contribution in [0.5, 0.6) is 0 Å². The minimum atomic E-state index is 0.212. The van der Waals surface area contributed by atoms with Gasteiger partial charge in [0.25, 0.3) is 0 Å². The fraction of sp³-hybridized carbons (Fsp3) is 0.571. The predicted molar refractivity (Wildman–Crippen MR) is 81.4 cm³/mol. The lowest BCUT2D eigenvalue weighted by molar-refractivity contribution is 0.290. The van der Waals surface area contributed by atoms with Gasteiger partial charge in [0, 0.05) is 12.0 Å². The Morgan fingerprint density at radius 3 is 2.72 bits per heavy atom. The molecule has 1 fully saturated rings. The fourth-order valence-electron chi connectivity index (χ4n) is 2.86. The van der Waals surface area contributed by atoms with Crippen molar-refractivity contribution in [3.63, 3.8) is 0 Å². The standard InChI is InChI=1S/C14H19BCl2N/c15-7-1-5-14(6-2-8-18-10-14)11-3-4-12(16)13(17)9-11/h3-4,9,15,18H,1-2,5-8,10H2. The van der Waals surface area contributed by atoms with Crippen molar-refractivity contribution in [1.29, 1.82) is 0 Å². The summed E-state index contributed by atoms with van der Waals surface area (Å²) in [5.41, 5.74) is 1.53. The highest BCUT2D eigenvalue weighted by Gasteiger charge is 2.33. The molecule has 1 heterocycles. The van der Waals surface area contributed by atoms with Gasteiger partial charge in [-0.05, 0) is 43.5 Å². The predicted octanol–water partition coefficient (Wildman–Crippen LogP) is 3.71. The van der Waals surface area contributed by atoms with Gasteiger partial charge < -0.3 is 5.32 Å². The van der Waals surface area contributed by atoms with E-state index in [1.165, 1.54) is 24.8 Å². The van der Waals surface area contributed by atoms with Gasteiger partial charge in [-0.3, -0.25) is 0 Å². The summed E-state index contributed by atoms with van der Waals surface area (Å²) in [7, 11) is 3.96. The zero-order valence-electron chi connectivity index (χ0n) is 10.6. The maximum atomic E-state index is 6.16. The number of piperidine rings is 1. The molecule has 1 aliphatic rings. The van der Waals surface area contributed by atoms with Crippen LogP contribution in [0.1, 0.15) is 31.2 Å². The monoisotopic (exact) mass is 282 g/mol. The van der Waals surface area contributed by atoms with E-state index in [9.17, 15) is 0 Å². The third kappa shape index (κ3) is 3.04. The van der Waals surface area contributed by atoms with Gasteiger partial charge in [0.1, 0.15) is 0 Å². The van der Waals surface area contributed by atoms with Crippen LogP contribution in [0, 0.1) is 0 Å². The molecule has 0 amide bonds. The topological polar surface area (TPSA) is 12.0 Å². The maximum Gasteiger partial charge on any atom is 0.0865 e. The molecule has 18 heavy (non-hydrogen) atoms. The second-order valence-corrected chi connectivity index (χ2v) is 5.96. The lowest BCUT2D eigenvalue weighted by atomic mass is 9.70. The molecular formula is C14H19BCl2N. The van der Waals surface area contributed by atoms with E-state index in [-0.39, 0.29) is 5.41 Å². The largest absolute Gasteiger partial charge is 0.316 e. The number of halogens is 2. The van der Waals surface area contributed by atoms with Crippen LogP contribution >= 0.6 is 23.2 Å². The van der Waals surface area contributed by atoms with Crippen molar-refractivity contribution in [2.24, 2.45) is 0 Å². The van der Waals surface area contributed by atoms with Gasteiger partial charge in [0.05, 0.1) is 17.9 Å². The van der Waals surface area contributed by atoms with Crippen LogP contribution in [0.25, 0.3) is 0 Å². The van der Waals surface area contributed by atoms with E-state index in [0.29, 0.717) is 10.0 Å². The third-order valence-electron chi connectivity index (χ3n) is 3.91. The molecule has 2 rings (SSSR count). The lowest BCUT2D eigenvalue weighted by Crippen LogP contribution is -2.43. The molecule has 1 N–H and O–H groups in total. The SMILES string of the molecule is [BH]CCCC1(c2ccc(Cl)c(Cl)c2)CCCNC1. The number of hydrogen-bond acceptors (Lipinski definition) is 1. The molecule has 1 aromatic carbocycles. The second kappa shape index (κ2) is 6.32. The minimum absolute atomic E-state index is 0.212. The molecule has 0 aromatic heterocycles. The summed E-state index contributed by atoms with van der Waals surface area (Å²) < 4.78 is 0. The molecule has 0 spiro atoms. The third-order valence-corrected chi connectivity index (χ3v) is 4.65. The zero-order valence-corrected chi connectivity index (χ0v) is 12.2. The first-order valence-electron chi connectivity index (χ1n) is 6.63.